The van der Waals surface area contributed by atoms with Crippen LogP contribution in [0.1, 0.15) is 24.6 Å². The van der Waals surface area contributed by atoms with Crippen LogP contribution in [0.3, 0.4) is 0 Å². The van der Waals surface area contributed by atoms with Gasteiger partial charge in [-0.15, -0.1) is 0 Å². The largest absolute Gasteiger partial charge is 0.339 e. The van der Waals surface area contributed by atoms with Crippen LogP contribution in [-0.2, 0) is 11.2 Å². The number of hydrogen-bond acceptors (Lipinski definition) is 5. The van der Waals surface area contributed by atoms with E-state index in [2.05, 4.69) is 26.1 Å². The standard InChI is InChI=1S/C20H21N5O3/c1-14-21-19(28-25-14)9-5-8-18(26)22-16-10-12-17(13-11-16)24-20(27)23-15-6-3-2-4-7-15/h2-4,6-7,10-13H,5,8-9H2,1H3,(H,22,26)(H2,23,24,27). The maximum absolute atomic E-state index is 12.0. The van der Waals surface area contributed by atoms with Crippen LogP contribution in [0, 0.1) is 6.92 Å². The minimum atomic E-state index is -0.334. The average molecular weight is 379 g/mol. The zero-order valence-corrected chi connectivity index (χ0v) is 15.4. The molecule has 0 aliphatic carbocycles. The lowest BCUT2D eigenvalue weighted by atomic mass is 10.2. The normalized spacial score (nSPS) is 10.3. The van der Waals surface area contributed by atoms with Crippen molar-refractivity contribution < 1.29 is 14.1 Å². The van der Waals surface area contributed by atoms with Crippen molar-refractivity contribution in [2.45, 2.75) is 26.2 Å². The molecule has 3 aromatic rings. The summed E-state index contributed by atoms with van der Waals surface area (Å²) in [6.07, 6.45) is 1.53. The molecule has 3 N–H and O–H groups in total. The number of aryl methyl sites for hydroxylation is 2. The summed E-state index contributed by atoms with van der Waals surface area (Å²) >= 11 is 0. The Morgan fingerprint density at radius 3 is 2.11 bits per heavy atom. The van der Waals surface area contributed by atoms with Gasteiger partial charge in [-0.1, -0.05) is 23.4 Å². The van der Waals surface area contributed by atoms with Crippen LogP contribution in [0.2, 0.25) is 0 Å². The zero-order chi connectivity index (χ0) is 19.8. The molecule has 8 heteroatoms. The van der Waals surface area contributed by atoms with E-state index in [0.29, 0.717) is 48.0 Å². The van der Waals surface area contributed by atoms with Crippen LogP contribution in [-0.4, -0.2) is 22.1 Å². The van der Waals surface area contributed by atoms with Gasteiger partial charge in [-0.25, -0.2) is 4.79 Å². The summed E-state index contributed by atoms with van der Waals surface area (Å²) < 4.78 is 5.01. The highest BCUT2D eigenvalue weighted by atomic mass is 16.5. The van der Waals surface area contributed by atoms with Crippen molar-refractivity contribution in [1.82, 2.24) is 10.1 Å². The van der Waals surface area contributed by atoms with Crippen molar-refractivity contribution in [2.24, 2.45) is 0 Å². The molecule has 3 rings (SSSR count). The van der Waals surface area contributed by atoms with Gasteiger partial charge in [0.15, 0.2) is 5.82 Å². The number of hydrogen-bond donors (Lipinski definition) is 3. The van der Waals surface area contributed by atoms with E-state index in [9.17, 15) is 9.59 Å². The monoisotopic (exact) mass is 379 g/mol. The highest BCUT2D eigenvalue weighted by Crippen LogP contribution is 2.15. The highest BCUT2D eigenvalue weighted by Gasteiger charge is 2.07. The smallest absolute Gasteiger partial charge is 0.323 e. The fraction of sp³-hybridized carbons (Fsp3) is 0.200. The fourth-order valence-corrected chi connectivity index (χ4v) is 2.52. The summed E-state index contributed by atoms with van der Waals surface area (Å²) in [5.41, 5.74) is 1.99. The number of urea groups is 1. The number of carbonyl (C=O) groups is 2. The Morgan fingerprint density at radius 1 is 0.893 bits per heavy atom. The minimum absolute atomic E-state index is 0.0984. The van der Waals surface area contributed by atoms with Crippen molar-refractivity contribution in [3.8, 4) is 0 Å². The van der Waals surface area contributed by atoms with E-state index >= 15 is 0 Å². The second-order valence-corrected chi connectivity index (χ2v) is 6.16. The van der Waals surface area contributed by atoms with Crippen LogP contribution < -0.4 is 16.0 Å². The van der Waals surface area contributed by atoms with Crippen LogP contribution >= 0.6 is 0 Å². The minimum Gasteiger partial charge on any atom is -0.339 e. The number of nitrogens with one attached hydrogen (secondary N) is 3. The molecule has 0 radical (unpaired) electrons. The number of benzene rings is 2. The summed E-state index contributed by atoms with van der Waals surface area (Å²) in [4.78, 5) is 28.1. The van der Waals surface area contributed by atoms with E-state index < -0.39 is 0 Å². The zero-order valence-electron chi connectivity index (χ0n) is 15.4. The first kappa shape index (κ1) is 19.1. The number of para-hydroxylation sites is 1. The molecule has 2 aromatic carbocycles. The number of amides is 3. The Balaban J connectivity index is 1.42. The summed E-state index contributed by atoms with van der Waals surface area (Å²) in [6.45, 7) is 1.75. The Labute approximate surface area is 162 Å². The van der Waals surface area contributed by atoms with Gasteiger partial charge in [0, 0.05) is 29.9 Å². The van der Waals surface area contributed by atoms with Crippen LogP contribution in [0.5, 0.6) is 0 Å². The van der Waals surface area contributed by atoms with E-state index in [-0.39, 0.29) is 11.9 Å². The first-order valence-electron chi connectivity index (χ1n) is 8.90. The molecule has 28 heavy (non-hydrogen) atoms. The van der Waals surface area contributed by atoms with Crippen molar-refractivity contribution in [3.63, 3.8) is 0 Å². The first-order chi connectivity index (χ1) is 13.6. The number of rotatable bonds is 7. The molecule has 0 fully saturated rings. The maximum atomic E-state index is 12.0. The molecule has 8 nitrogen and oxygen atoms in total. The molecule has 0 spiro atoms. The number of anilines is 3. The van der Waals surface area contributed by atoms with E-state index in [1.807, 2.05) is 18.2 Å². The summed E-state index contributed by atoms with van der Waals surface area (Å²) in [5, 5.41) is 12.0. The third-order valence-electron chi connectivity index (χ3n) is 3.82. The van der Waals surface area contributed by atoms with Gasteiger partial charge in [0.2, 0.25) is 11.8 Å². The molecular weight excluding hydrogens is 358 g/mol. The van der Waals surface area contributed by atoms with Crippen LogP contribution in [0.4, 0.5) is 21.9 Å². The third kappa shape index (κ3) is 5.94. The lowest BCUT2D eigenvalue weighted by Crippen LogP contribution is -2.19. The molecule has 0 bridgehead atoms. The van der Waals surface area contributed by atoms with Gasteiger partial charge in [0.25, 0.3) is 0 Å². The summed E-state index contributed by atoms with van der Waals surface area (Å²) in [5.74, 6) is 1.03. The van der Waals surface area contributed by atoms with Gasteiger partial charge < -0.3 is 20.5 Å². The Kier molecular flexibility index (Phi) is 6.35. The molecule has 3 amide bonds. The van der Waals surface area contributed by atoms with Gasteiger partial charge in [-0.05, 0) is 49.7 Å². The predicted octanol–water partition coefficient (Wildman–Crippen LogP) is 3.98. The van der Waals surface area contributed by atoms with Gasteiger partial charge in [0.1, 0.15) is 0 Å². The van der Waals surface area contributed by atoms with Gasteiger partial charge in [-0.3, -0.25) is 4.79 Å². The topological polar surface area (TPSA) is 109 Å². The van der Waals surface area contributed by atoms with E-state index in [0.717, 1.165) is 0 Å². The van der Waals surface area contributed by atoms with Gasteiger partial charge >= 0.3 is 6.03 Å². The van der Waals surface area contributed by atoms with Gasteiger partial charge in [-0.2, -0.15) is 4.98 Å². The third-order valence-corrected chi connectivity index (χ3v) is 3.82. The quantitative estimate of drug-likeness (QED) is 0.575. The maximum Gasteiger partial charge on any atom is 0.323 e. The molecule has 0 saturated heterocycles. The lowest BCUT2D eigenvalue weighted by Gasteiger charge is -2.09. The molecule has 1 aromatic heterocycles. The number of aromatic nitrogens is 2. The Hall–Kier alpha value is -3.68. The average Bonchev–Trinajstić information content (AvgIpc) is 3.09. The van der Waals surface area contributed by atoms with Crippen molar-refractivity contribution in [2.75, 3.05) is 16.0 Å². The van der Waals surface area contributed by atoms with E-state index in [1.54, 1.807) is 43.3 Å². The molecule has 0 atom stereocenters. The molecule has 0 aliphatic heterocycles. The van der Waals surface area contributed by atoms with Crippen molar-refractivity contribution >= 4 is 29.0 Å². The molecule has 0 saturated carbocycles. The second kappa shape index (κ2) is 9.31. The first-order valence-corrected chi connectivity index (χ1v) is 8.90. The molecule has 0 unspecified atom stereocenters. The molecule has 0 aliphatic rings. The summed E-state index contributed by atoms with van der Waals surface area (Å²) in [6, 6.07) is 15.8. The molecule has 144 valence electrons. The fourth-order valence-electron chi connectivity index (χ4n) is 2.52. The van der Waals surface area contributed by atoms with Crippen LogP contribution in [0.25, 0.3) is 0 Å². The van der Waals surface area contributed by atoms with Crippen molar-refractivity contribution in [3.05, 3.63) is 66.3 Å². The Bertz CT molecular complexity index is 923. The molecular formula is C20H21N5O3. The summed E-state index contributed by atoms with van der Waals surface area (Å²) in [7, 11) is 0. The van der Waals surface area contributed by atoms with E-state index in [4.69, 9.17) is 4.52 Å². The second-order valence-electron chi connectivity index (χ2n) is 6.16. The molecule has 1 heterocycles. The predicted molar refractivity (Wildman–Crippen MR) is 106 cm³/mol. The number of nitrogens with zero attached hydrogens (tertiary/aromatic N) is 2. The Morgan fingerprint density at radius 2 is 1.50 bits per heavy atom. The van der Waals surface area contributed by atoms with Crippen molar-refractivity contribution in [1.29, 1.82) is 0 Å². The van der Waals surface area contributed by atoms with Crippen LogP contribution in [0.15, 0.2) is 59.1 Å². The SMILES string of the molecule is Cc1noc(CCCC(=O)Nc2ccc(NC(=O)Nc3ccccc3)cc2)n1. The lowest BCUT2D eigenvalue weighted by molar-refractivity contribution is -0.116. The van der Waals surface area contributed by atoms with Gasteiger partial charge in [0.05, 0.1) is 0 Å². The highest BCUT2D eigenvalue weighted by molar-refractivity contribution is 6.00. The van der Waals surface area contributed by atoms with E-state index in [1.165, 1.54) is 0 Å². The number of carbonyl (C=O) groups excluding carboxylic acids is 2.